The first kappa shape index (κ1) is 15.8. The Bertz CT molecular complexity index is 837. The topological polar surface area (TPSA) is 62.7 Å². The van der Waals surface area contributed by atoms with E-state index in [9.17, 15) is 8.78 Å². The lowest BCUT2D eigenvalue weighted by Gasteiger charge is -2.08. The predicted molar refractivity (Wildman–Crippen MR) is 88.0 cm³/mol. The van der Waals surface area contributed by atoms with Gasteiger partial charge in [-0.3, -0.25) is 0 Å². The van der Waals surface area contributed by atoms with E-state index in [1.54, 1.807) is 0 Å². The molecule has 0 unspecified atom stereocenters. The lowest BCUT2D eigenvalue weighted by Crippen LogP contribution is -2.05. The van der Waals surface area contributed by atoms with E-state index in [1.165, 1.54) is 17.8 Å². The number of aryl methyl sites for hydroxylation is 1. The first-order chi connectivity index (χ1) is 11.6. The van der Waals surface area contributed by atoms with Gasteiger partial charge in [-0.25, -0.2) is 8.78 Å². The molecule has 0 amide bonds. The lowest BCUT2D eigenvalue weighted by atomic mass is 10.1. The van der Waals surface area contributed by atoms with Crippen LogP contribution >= 0.6 is 0 Å². The van der Waals surface area contributed by atoms with Gasteiger partial charge in [0.2, 0.25) is 5.95 Å². The first-order valence-electron chi connectivity index (χ1n) is 7.31. The summed E-state index contributed by atoms with van der Waals surface area (Å²) in [5.74, 6) is -1.14. The van der Waals surface area contributed by atoms with Gasteiger partial charge in [-0.2, -0.15) is 10.1 Å². The highest BCUT2D eigenvalue weighted by Crippen LogP contribution is 2.17. The number of nitrogens with zero attached hydrogens (tertiary/aromatic N) is 3. The Morgan fingerprint density at radius 1 is 1.00 bits per heavy atom. The maximum atomic E-state index is 13.2. The second-order valence-electron chi connectivity index (χ2n) is 5.26. The third kappa shape index (κ3) is 4.01. The summed E-state index contributed by atoms with van der Waals surface area (Å²) in [7, 11) is 0. The van der Waals surface area contributed by atoms with Crippen LogP contribution in [0.4, 0.5) is 26.2 Å². The highest BCUT2D eigenvalue weighted by Gasteiger charge is 2.05. The summed E-state index contributed by atoms with van der Waals surface area (Å²) in [5, 5.41) is 13.6. The van der Waals surface area contributed by atoms with Crippen molar-refractivity contribution < 1.29 is 8.78 Å². The Labute approximate surface area is 137 Å². The van der Waals surface area contributed by atoms with Crippen LogP contribution in [0.15, 0.2) is 48.7 Å². The molecular formula is C17H15F2N5. The second kappa shape index (κ2) is 6.99. The molecule has 0 aliphatic carbocycles. The highest BCUT2D eigenvalue weighted by molar-refractivity contribution is 5.54. The quantitative estimate of drug-likeness (QED) is 0.746. The van der Waals surface area contributed by atoms with Gasteiger partial charge in [0, 0.05) is 18.3 Å². The number of rotatable bonds is 5. The van der Waals surface area contributed by atoms with Crippen molar-refractivity contribution >= 4 is 17.5 Å². The Morgan fingerprint density at radius 3 is 2.54 bits per heavy atom. The van der Waals surface area contributed by atoms with Gasteiger partial charge in [0.1, 0.15) is 0 Å². The Hall–Kier alpha value is -3.09. The van der Waals surface area contributed by atoms with Crippen LogP contribution in [-0.4, -0.2) is 15.2 Å². The standard InChI is InChI=1S/C17H15F2N5/c1-11-2-4-12(5-3-11)9-20-16-10-21-24-17(23-16)22-13-6-7-14(18)15(19)8-13/h2-8,10H,9H2,1H3,(H2,20,22,23,24). The predicted octanol–water partition coefficient (Wildman–Crippen LogP) is 3.81. The molecule has 24 heavy (non-hydrogen) atoms. The van der Waals surface area contributed by atoms with Gasteiger partial charge in [-0.15, -0.1) is 5.10 Å². The van der Waals surface area contributed by atoms with Crippen molar-refractivity contribution in [3.8, 4) is 0 Å². The molecule has 0 aliphatic heterocycles. The van der Waals surface area contributed by atoms with Crippen molar-refractivity contribution in [2.45, 2.75) is 13.5 Å². The van der Waals surface area contributed by atoms with Gasteiger partial charge in [-0.05, 0) is 24.6 Å². The average molecular weight is 327 g/mol. The molecule has 0 atom stereocenters. The molecule has 3 rings (SSSR count). The number of aromatic nitrogens is 3. The minimum atomic E-state index is -0.943. The molecule has 0 aliphatic rings. The molecule has 0 radical (unpaired) electrons. The molecule has 1 aromatic heterocycles. The molecule has 0 fully saturated rings. The number of hydrogen-bond acceptors (Lipinski definition) is 5. The fraction of sp³-hybridized carbons (Fsp3) is 0.118. The molecule has 2 N–H and O–H groups in total. The fourth-order valence-electron chi connectivity index (χ4n) is 2.04. The second-order valence-corrected chi connectivity index (χ2v) is 5.26. The summed E-state index contributed by atoms with van der Waals surface area (Å²) in [6.45, 7) is 2.62. The molecule has 0 saturated heterocycles. The van der Waals surface area contributed by atoms with Crippen LogP contribution in [0.2, 0.25) is 0 Å². The van der Waals surface area contributed by atoms with Gasteiger partial charge < -0.3 is 10.6 Å². The van der Waals surface area contributed by atoms with E-state index in [4.69, 9.17) is 0 Å². The van der Waals surface area contributed by atoms with Gasteiger partial charge in [0.25, 0.3) is 0 Å². The maximum absolute atomic E-state index is 13.2. The molecule has 2 aromatic carbocycles. The average Bonchev–Trinajstić information content (AvgIpc) is 2.58. The van der Waals surface area contributed by atoms with E-state index in [0.717, 1.165) is 17.7 Å². The fourth-order valence-corrected chi connectivity index (χ4v) is 2.04. The largest absolute Gasteiger partial charge is 0.365 e. The van der Waals surface area contributed by atoms with Crippen LogP contribution in [0.3, 0.4) is 0 Å². The first-order valence-corrected chi connectivity index (χ1v) is 7.31. The van der Waals surface area contributed by atoms with E-state index in [1.807, 2.05) is 31.2 Å². The lowest BCUT2D eigenvalue weighted by molar-refractivity contribution is 0.509. The van der Waals surface area contributed by atoms with Gasteiger partial charge >= 0.3 is 0 Å². The zero-order valence-corrected chi connectivity index (χ0v) is 12.9. The molecule has 5 nitrogen and oxygen atoms in total. The Kier molecular flexibility index (Phi) is 4.60. The van der Waals surface area contributed by atoms with Crippen molar-refractivity contribution in [3.63, 3.8) is 0 Å². The minimum absolute atomic E-state index is 0.190. The van der Waals surface area contributed by atoms with E-state index >= 15 is 0 Å². The van der Waals surface area contributed by atoms with E-state index in [0.29, 0.717) is 18.1 Å². The monoisotopic (exact) mass is 327 g/mol. The van der Waals surface area contributed by atoms with E-state index in [2.05, 4.69) is 25.8 Å². The summed E-state index contributed by atoms with van der Waals surface area (Å²) in [6.07, 6.45) is 1.49. The van der Waals surface area contributed by atoms with Crippen molar-refractivity contribution in [3.05, 3.63) is 71.4 Å². The maximum Gasteiger partial charge on any atom is 0.249 e. The van der Waals surface area contributed by atoms with Gasteiger partial charge in [-0.1, -0.05) is 29.8 Å². The molecule has 122 valence electrons. The third-order valence-corrected chi connectivity index (χ3v) is 3.33. The van der Waals surface area contributed by atoms with Crippen molar-refractivity contribution in [2.24, 2.45) is 0 Å². The van der Waals surface area contributed by atoms with Crippen molar-refractivity contribution in [1.29, 1.82) is 0 Å². The number of halogens is 2. The summed E-state index contributed by atoms with van der Waals surface area (Å²) in [6, 6.07) is 11.6. The summed E-state index contributed by atoms with van der Waals surface area (Å²) < 4.78 is 26.1. The van der Waals surface area contributed by atoms with Crippen LogP contribution in [0.5, 0.6) is 0 Å². The summed E-state index contributed by atoms with van der Waals surface area (Å²) >= 11 is 0. The summed E-state index contributed by atoms with van der Waals surface area (Å²) in [5.41, 5.74) is 2.64. The van der Waals surface area contributed by atoms with Crippen LogP contribution in [0.1, 0.15) is 11.1 Å². The number of benzene rings is 2. The van der Waals surface area contributed by atoms with Crippen molar-refractivity contribution in [2.75, 3.05) is 10.6 Å². The Balaban J connectivity index is 1.67. The zero-order valence-electron chi connectivity index (χ0n) is 12.9. The van der Waals surface area contributed by atoms with Gasteiger partial charge in [0.15, 0.2) is 17.5 Å². The van der Waals surface area contributed by atoms with Crippen LogP contribution in [0.25, 0.3) is 0 Å². The summed E-state index contributed by atoms with van der Waals surface area (Å²) in [4.78, 5) is 4.24. The number of anilines is 3. The normalized spacial score (nSPS) is 10.5. The molecule has 1 heterocycles. The third-order valence-electron chi connectivity index (χ3n) is 3.33. The molecular weight excluding hydrogens is 312 g/mol. The number of hydrogen-bond donors (Lipinski definition) is 2. The van der Waals surface area contributed by atoms with Crippen LogP contribution in [0, 0.1) is 18.6 Å². The Morgan fingerprint density at radius 2 is 1.79 bits per heavy atom. The van der Waals surface area contributed by atoms with Gasteiger partial charge in [0.05, 0.1) is 6.20 Å². The van der Waals surface area contributed by atoms with Crippen LogP contribution < -0.4 is 10.6 Å². The zero-order chi connectivity index (χ0) is 16.9. The van der Waals surface area contributed by atoms with Crippen molar-refractivity contribution in [1.82, 2.24) is 15.2 Å². The van der Waals surface area contributed by atoms with E-state index < -0.39 is 11.6 Å². The highest BCUT2D eigenvalue weighted by atomic mass is 19.2. The van der Waals surface area contributed by atoms with E-state index in [-0.39, 0.29) is 5.95 Å². The molecule has 0 saturated carbocycles. The smallest absolute Gasteiger partial charge is 0.249 e. The van der Waals surface area contributed by atoms with Crippen LogP contribution in [-0.2, 0) is 6.54 Å². The molecule has 0 spiro atoms. The molecule has 0 bridgehead atoms. The molecule has 7 heteroatoms. The SMILES string of the molecule is Cc1ccc(CNc2cnnc(Nc3ccc(F)c(F)c3)n2)cc1. The minimum Gasteiger partial charge on any atom is -0.365 e. The number of nitrogens with one attached hydrogen (secondary N) is 2. The molecule has 3 aromatic rings.